The summed E-state index contributed by atoms with van der Waals surface area (Å²) in [5.41, 5.74) is -0.659. The Hall–Kier alpha value is -1.14. The lowest BCUT2D eigenvalue weighted by Gasteiger charge is -2.36. The summed E-state index contributed by atoms with van der Waals surface area (Å²) >= 11 is 0. The second-order valence-electron chi connectivity index (χ2n) is 8.18. The second kappa shape index (κ2) is 8.70. The average molecular weight is 363 g/mol. The van der Waals surface area contributed by atoms with Gasteiger partial charge in [-0.05, 0) is 31.4 Å². The van der Waals surface area contributed by atoms with Crippen molar-refractivity contribution < 1.29 is 19.7 Å². The number of para-hydroxylation sites is 1. The van der Waals surface area contributed by atoms with Gasteiger partial charge in [-0.1, -0.05) is 43.9 Å². The van der Waals surface area contributed by atoms with E-state index in [-0.39, 0.29) is 13.2 Å². The van der Waals surface area contributed by atoms with Gasteiger partial charge in [0.25, 0.3) is 0 Å². The maximum absolute atomic E-state index is 11.1. The van der Waals surface area contributed by atoms with Gasteiger partial charge in [-0.3, -0.25) is 4.90 Å². The monoisotopic (exact) mass is 363 g/mol. The third-order valence-corrected chi connectivity index (χ3v) is 5.58. The molecular formula is C21H33NO4. The lowest BCUT2D eigenvalue weighted by Crippen LogP contribution is -2.52. The van der Waals surface area contributed by atoms with E-state index in [0.29, 0.717) is 19.7 Å². The number of aliphatic hydroxyl groups is 2. The fraction of sp³-hybridized carbons (Fsp3) is 0.714. The van der Waals surface area contributed by atoms with Crippen LogP contribution in [0.15, 0.2) is 24.3 Å². The van der Waals surface area contributed by atoms with Crippen molar-refractivity contribution in [1.82, 2.24) is 4.90 Å². The van der Waals surface area contributed by atoms with Crippen molar-refractivity contribution in [3.63, 3.8) is 0 Å². The molecule has 1 aliphatic carbocycles. The first-order valence-electron chi connectivity index (χ1n) is 9.91. The van der Waals surface area contributed by atoms with E-state index < -0.39 is 11.2 Å². The van der Waals surface area contributed by atoms with Gasteiger partial charge >= 0.3 is 0 Å². The van der Waals surface area contributed by atoms with Crippen molar-refractivity contribution in [3.05, 3.63) is 29.8 Å². The van der Waals surface area contributed by atoms with Crippen LogP contribution in [-0.4, -0.2) is 65.8 Å². The number of rotatable bonds is 5. The van der Waals surface area contributed by atoms with Crippen LogP contribution in [0, 0.1) is 6.92 Å². The molecule has 2 fully saturated rings. The molecule has 0 unspecified atom stereocenters. The number of hydrogen-bond acceptors (Lipinski definition) is 5. The minimum Gasteiger partial charge on any atom is -0.490 e. The molecule has 0 amide bonds. The summed E-state index contributed by atoms with van der Waals surface area (Å²) < 4.78 is 11.6. The average Bonchev–Trinajstić information content (AvgIpc) is 2.92. The molecule has 0 spiro atoms. The Morgan fingerprint density at radius 2 is 1.81 bits per heavy atom. The van der Waals surface area contributed by atoms with Crippen LogP contribution in [0.4, 0.5) is 0 Å². The molecule has 0 aromatic heterocycles. The summed E-state index contributed by atoms with van der Waals surface area (Å²) in [6.45, 7) is 4.80. The van der Waals surface area contributed by atoms with Crippen molar-refractivity contribution in [2.75, 3.05) is 39.5 Å². The van der Waals surface area contributed by atoms with Gasteiger partial charge in [-0.25, -0.2) is 0 Å². The Bertz CT molecular complexity index is 571. The van der Waals surface area contributed by atoms with Gasteiger partial charge < -0.3 is 19.7 Å². The number of nitrogens with zero attached hydrogens (tertiary/aromatic N) is 1. The topological polar surface area (TPSA) is 62.2 Å². The van der Waals surface area contributed by atoms with E-state index in [9.17, 15) is 10.2 Å². The van der Waals surface area contributed by atoms with Crippen LogP contribution in [0.2, 0.25) is 0 Å². The van der Waals surface area contributed by atoms with Gasteiger partial charge in [0.05, 0.1) is 18.8 Å². The molecule has 3 rings (SSSR count). The highest BCUT2D eigenvalue weighted by Crippen LogP contribution is 2.29. The quantitative estimate of drug-likeness (QED) is 0.787. The van der Waals surface area contributed by atoms with Gasteiger partial charge in [-0.15, -0.1) is 0 Å². The standard InChI is InChI=1S/C21H33NO4/c1-18-8-4-5-9-19(18)26-17-21(24)15-22(12-13-25-16-21)14-20(23)10-6-2-3-7-11-20/h4-5,8-9,23-24H,2-3,6-7,10-17H2,1H3/t21-/m1/s1. The zero-order valence-electron chi connectivity index (χ0n) is 16.0. The van der Waals surface area contributed by atoms with Crippen LogP contribution in [0.3, 0.4) is 0 Å². The molecule has 2 aliphatic rings. The minimum atomic E-state index is -1.07. The second-order valence-corrected chi connectivity index (χ2v) is 8.18. The van der Waals surface area contributed by atoms with Crippen molar-refractivity contribution in [2.45, 2.75) is 56.7 Å². The highest BCUT2D eigenvalue weighted by Gasteiger charge is 2.37. The molecule has 5 nitrogen and oxygen atoms in total. The molecule has 1 aliphatic heterocycles. The number of ether oxygens (including phenoxy) is 2. The zero-order valence-corrected chi connectivity index (χ0v) is 16.0. The van der Waals surface area contributed by atoms with Crippen molar-refractivity contribution in [3.8, 4) is 5.75 Å². The van der Waals surface area contributed by atoms with Crippen LogP contribution in [0.25, 0.3) is 0 Å². The highest BCUT2D eigenvalue weighted by atomic mass is 16.5. The van der Waals surface area contributed by atoms with Crippen molar-refractivity contribution in [1.29, 1.82) is 0 Å². The number of benzene rings is 1. The van der Waals surface area contributed by atoms with Crippen LogP contribution in [-0.2, 0) is 4.74 Å². The van der Waals surface area contributed by atoms with E-state index in [1.807, 2.05) is 31.2 Å². The Kier molecular flexibility index (Phi) is 6.56. The summed E-state index contributed by atoms with van der Waals surface area (Å²) in [6.07, 6.45) is 6.28. The number of aryl methyl sites for hydroxylation is 1. The number of β-amino-alcohol motifs (C(OH)–C–C–N with tert-alkyl or cyclic N) is 2. The van der Waals surface area contributed by atoms with Gasteiger partial charge in [0.2, 0.25) is 0 Å². The minimum absolute atomic E-state index is 0.187. The van der Waals surface area contributed by atoms with Crippen LogP contribution in [0.5, 0.6) is 5.75 Å². The smallest absolute Gasteiger partial charge is 0.134 e. The molecule has 1 heterocycles. The zero-order chi connectivity index (χ0) is 18.5. The first kappa shape index (κ1) is 19.6. The summed E-state index contributed by atoms with van der Waals surface area (Å²) in [4.78, 5) is 2.15. The normalized spacial score (nSPS) is 27.5. The van der Waals surface area contributed by atoms with Gasteiger partial charge in [0.1, 0.15) is 18.0 Å². The molecule has 5 heteroatoms. The maximum atomic E-state index is 11.1. The Morgan fingerprint density at radius 3 is 2.54 bits per heavy atom. The predicted molar refractivity (Wildman–Crippen MR) is 102 cm³/mol. The van der Waals surface area contributed by atoms with Gasteiger partial charge in [0, 0.05) is 19.6 Å². The van der Waals surface area contributed by atoms with Gasteiger partial charge in [-0.2, -0.15) is 0 Å². The maximum Gasteiger partial charge on any atom is 0.134 e. The van der Waals surface area contributed by atoms with Crippen LogP contribution < -0.4 is 4.74 Å². The summed E-state index contributed by atoms with van der Waals surface area (Å²) in [5, 5.41) is 22.1. The van der Waals surface area contributed by atoms with E-state index in [0.717, 1.165) is 43.5 Å². The number of hydrogen-bond donors (Lipinski definition) is 2. The van der Waals surface area contributed by atoms with Crippen LogP contribution >= 0.6 is 0 Å². The summed E-state index contributed by atoms with van der Waals surface area (Å²) in [7, 11) is 0. The molecule has 1 atom stereocenters. The first-order valence-corrected chi connectivity index (χ1v) is 9.91. The van der Waals surface area contributed by atoms with E-state index in [1.165, 1.54) is 12.8 Å². The highest BCUT2D eigenvalue weighted by molar-refractivity contribution is 5.31. The van der Waals surface area contributed by atoms with Crippen molar-refractivity contribution in [2.24, 2.45) is 0 Å². The molecule has 146 valence electrons. The van der Waals surface area contributed by atoms with Crippen LogP contribution in [0.1, 0.15) is 44.1 Å². The third-order valence-electron chi connectivity index (χ3n) is 5.58. The molecule has 1 aromatic carbocycles. The van der Waals surface area contributed by atoms with E-state index >= 15 is 0 Å². The van der Waals surface area contributed by atoms with E-state index in [4.69, 9.17) is 9.47 Å². The predicted octanol–water partition coefficient (Wildman–Crippen LogP) is 2.52. The summed E-state index contributed by atoms with van der Waals surface area (Å²) in [5.74, 6) is 0.791. The fourth-order valence-corrected chi connectivity index (χ4v) is 4.11. The van der Waals surface area contributed by atoms with Crippen molar-refractivity contribution >= 4 is 0 Å². The molecule has 26 heavy (non-hydrogen) atoms. The third kappa shape index (κ3) is 5.43. The lowest BCUT2D eigenvalue weighted by atomic mass is 9.93. The first-order chi connectivity index (χ1) is 12.5. The lowest BCUT2D eigenvalue weighted by molar-refractivity contribution is -0.0734. The molecule has 1 aromatic rings. The summed E-state index contributed by atoms with van der Waals surface area (Å²) in [6, 6.07) is 7.82. The Morgan fingerprint density at radius 1 is 1.08 bits per heavy atom. The Balaban J connectivity index is 1.61. The molecule has 1 saturated carbocycles. The molecular weight excluding hydrogens is 330 g/mol. The van der Waals surface area contributed by atoms with E-state index in [1.54, 1.807) is 0 Å². The SMILES string of the molecule is Cc1ccccc1OC[C@]1(O)COCCN(CC2(O)CCCCCC2)C1. The Labute approximate surface area is 156 Å². The fourth-order valence-electron chi connectivity index (χ4n) is 4.11. The van der Waals surface area contributed by atoms with Gasteiger partial charge in [0.15, 0.2) is 0 Å². The van der Waals surface area contributed by atoms with E-state index in [2.05, 4.69) is 4.90 Å². The largest absolute Gasteiger partial charge is 0.490 e. The molecule has 0 bridgehead atoms. The molecule has 2 N–H and O–H groups in total. The molecule has 1 saturated heterocycles. The molecule has 0 radical (unpaired) electrons.